The molecular formula is C19H21NO5S. The van der Waals surface area contributed by atoms with Crippen LogP contribution in [0.15, 0.2) is 59.5 Å². The maximum absolute atomic E-state index is 12.6. The lowest BCUT2D eigenvalue weighted by molar-refractivity contribution is -0.148. The number of carbonyl (C=O) groups is 2. The van der Waals surface area contributed by atoms with E-state index in [0.717, 1.165) is 16.7 Å². The molecule has 0 saturated heterocycles. The van der Waals surface area contributed by atoms with Crippen molar-refractivity contribution in [2.45, 2.75) is 23.8 Å². The van der Waals surface area contributed by atoms with Gasteiger partial charge in [-0.05, 0) is 17.2 Å². The standard InChI is InChI=1S/C19H21NO5S/c1-20(16(19(22)23)12-14-8-4-3-5-9-14)18(21)13-15-10-6-7-11-17(15)26(2,24)25/h3-11,16H,12-13H2,1-2H3,(H,22,23). The van der Waals surface area contributed by atoms with E-state index >= 15 is 0 Å². The molecule has 0 aliphatic heterocycles. The molecule has 0 spiro atoms. The van der Waals surface area contributed by atoms with Crippen molar-refractivity contribution in [2.24, 2.45) is 0 Å². The van der Waals surface area contributed by atoms with Crippen LogP contribution in [-0.4, -0.2) is 49.6 Å². The van der Waals surface area contributed by atoms with Gasteiger partial charge in [0.25, 0.3) is 0 Å². The van der Waals surface area contributed by atoms with Crippen LogP contribution in [0.3, 0.4) is 0 Å². The van der Waals surface area contributed by atoms with Crippen LogP contribution >= 0.6 is 0 Å². The predicted molar refractivity (Wildman–Crippen MR) is 97.6 cm³/mol. The summed E-state index contributed by atoms with van der Waals surface area (Å²) in [6, 6.07) is 14.2. The van der Waals surface area contributed by atoms with Crippen LogP contribution in [0.25, 0.3) is 0 Å². The largest absolute Gasteiger partial charge is 0.480 e. The first-order valence-corrected chi connectivity index (χ1v) is 9.89. The van der Waals surface area contributed by atoms with Gasteiger partial charge in [0, 0.05) is 19.7 Å². The number of rotatable bonds is 7. The first-order valence-electron chi connectivity index (χ1n) is 8.00. The van der Waals surface area contributed by atoms with Crippen molar-refractivity contribution in [1.29, 1.82) is 0 Å². The Morgan fingerprint density at radius 2 is 1.62 bits per heavy atom. The number of hydrogen-bond donors (Lipinski definition) is 1. The molecule has 0 aliphatic rings. The molecule has 0 saturated carbocycles. The number of carbonyl (C=O) groups excluding carboxylic acids is 1. The Labute approximate surface area is 153 Å². The third kappa shape index (κ3) is 4.92. The van der Waals surface area contributed by atoms with Crippen molar-refractivity contribution >= 4 is 21.7 Å². The van der Waals surface area contributed by atoms with Gasteiger partial charge in [0.05, 0.1) is 11.3 Å². The summed E-state index contributed by atoms with van der Waals surface area (Å²) in [5.74, 6) is -1.56. The molecule has 0 bridgehead atoms. The Balaban J connectivity index is 2.21. The first-order chi connectivity index (χ1) is 12.2. The van der Waals surface area contributed by atoms with Crippen LogP contribution in [0, 0.1) is 0 Å². The quantitative estimate of drug-likeness (QED) is 0.797. The fourth-order valence-corrected chi connectivity index (χ4v) is 3.64. The molecule has 2 aromatic rings. The van der Waals surface area contributed by atoms with Gasteiger partial charge >= 0.3 is 5.97 Å². The zero-order chi connectivity index (χ0) is 19.3. The number of sulfone groups is 1. The summed E-state index contributed by atoms with van der Waals surface area (Å²) >= 11 is 0. The zero-order valence-corrected chi connectivity index (χ0v) is 15.4. The van der Waals surface area contributed by atoms with E-state index in [-0.39, 0.29) is 17.7 Å². The van der Waals surface area contributed by atoms with Gasteiger partial charge < -0.3 is 10.0 Å². The van der Waals surface area contributed by atoms with E-state index in [4.69, 9.17) is 0 Å². The number of aliphatic carboxylic acids is 1. The minimum atomic E-state index is -3.48. The molecule has 2 aromatic carbocycles. The topological polar surface area (TPSA) is 91.8 Å². The second kappa shape index (κ2) is 8.14. The summed E-state index contributed by atoms with van der Waals surface area (Å²) in [5, 5.41) is 9.51. The molecule has 0 fully saturated rings. The summed E-state index contributed by atoms with van der Waals surface area (Å²) < 4.78 is 23.7. The highest BCUT2D eigenvalue weighted by atomic mass is 32.2. The Morgan fingerprint density at radius 1 is 1.04 bits per heavy atom. The normalized spacial score (nSPS) is 12.4. The number of carboxylic acid groups (broad SMARTS) is 1. The lowest BCUT2D eigenvalue weighted by Crippen LogP contribution is -2.44. The minimum Gasteiger partial charge on any atom is -0.480 e. The second-order valence-corrected chi connectivity index (χ2v) is 8.09. The molecule has 1 amide bonds. The van der Waals surface area contributed by atoms with E-state index in [1.807, 2.05) is 6.07 Å². The molecule has 138 valence electrons. The SMILES string of the molecule is CN(C(=O)Cc1ccccc1S(C)(=O)=O)C(Cc1ccccc1)C(=O)O. The van der Waals surface area contributed by atoms with Crippen LogP contribution in [0.4, 0.5) is 0 Å². The molecule has 1 N–H and O–H groups in total. The summed E-state index contributed by atoms with van der Waals surface area (Å²) in [6.45, 7) is 0. The lowest BCUT2D eigenvalue weighted by atomic mass is 10.0. The van der Waals surface area contributed by atoms with Crippen molar-refractivity contribution in [1.82, 2.24) is 4.90 Å². The molecule has 0 heterocycles. The molecule has 0 aromatic heterocycles. The average Bonchev–Trinajstić information content (AvgIpc) is 2.59. The minimum absolute atomic E-state index is 0.0803. The Hall–Kier alpha value is -2.67. The molecule has 26 heavy (non-hydrogen) atoms. The van der Waals surface area contributed by atoms with Gasteiger partial charge in [-0.15, -0.1) is 0 Å². The Morgan fingerprint density at radius 3 is 2.19 bits per heavy atom. The monoisotopic (exact) mass is 375 g/mol. The highest BCUT2D eigenvalue weighted by Gasteiger charge is 2.27. The average molecular weight is 375 g/mol. The smallest absolute Gasteiger partial charge is 0.326 e. The van der Waals surface area contributed by atoms with E-state index in [9.17, 15) is 23.1 Å². The van der Waals surface area contributed by atoms with Crippen molar-refractivity contribution in [2.75, 3.05) is 13.3 Å². The van der Waals surface area contributed by atoms with E-state index in [2.05, 4.69) is 0 Å². The van der Waals surface area contributed by atoms with E-state index in [1.54, 1.807) is 42.5 Å². The number of carboxylic acids is 1. The summed E-state index contributed by atoms with van der Waals surface area (Å²) in [4.78, 5) is 25.5. The van der Waals surface area contributed by atoms with E-state index in [0.29, 0.717) is 5.56 Å². The molecule has 1 unspecified atom stereocenters. The van der Waals surface area contributed by atoms with Gasteiger partial charge in [-0.2, -0.15) is 0 Å². The highest BCUT2D eigenvalue weighted by molar-refractivity contribution is 7.90. The molecule has 1 atom stereocenters. The van der Waals surface area contributed by atoms with Gasteiger partial charge in [-0.1, -0.05) is 48.5 Å². The van der Waals surface area contributed by atoms with Crippen molar-refractivity contribution in [3.8, 4) is 0 Å². The van der Waals surface area contributed by atoms with Crippen LogP contribution in [0.5, 0.6) is 0 Å². The van der Waals surface area contributed by atoms with Crippen LogP contribution in [-0.2, 0) is 32.3 Å². The van der Waals surface area contributed by atoms with Crippen LogP contribution in [0.2, 0.25) is 0 Å². The third-order valence-corrected chi connectivity index (χ3v) is 5.33. The van der Waals surface area contributed by atoms with E-state index in [1.165, 1.54) is 13.1 Å². The van der Waals surface area contributed by atoms with Gasteiger partial charge in [-0.3, -0.25) is 4.79 Å². The third-order valence-electron chi connectivity index (χ3n) is 4.13. The first kappa shape index (κ1) is 19.7. The van der Waals surface area contributed by atoms with Gasteiger partial charge in [-0.25, -0.2) is 13.2 Å². The maximum Gasteiger partial charge on any atom is 0.326 e. The van der Waals surface area contributed by atoms with Crippen LogP contribution < -0.4 is 0 Å². The molecule has 6 nitrogen and oxygen atoms in total. The van der Waals surface area contributed by atoms with Crippen molar-refractivity contribution in [3.05, 3.63) is 65.7 Å². The lowest BCUT2D eigenvalue weighted by Gasteiger charge is -2.25. The number of amides is 1. The predicted octanol–water partition coefficient (Wildman–Crippen LogP) is 1.79. The highest BCUT2D eigenvalue weighted by Crippen LogP contribution is 2.17. The molecule has 0 aliphatic carbocycles. The molecule has 2 rings (SSSR count). The zero-order valence-electron chi connectivity index (χ0n) is 14.6. The maximum atomic E-state index is 12.6. The van der Waals surface area contributed by atoms with Crippen molar-refractivity contribution < 1.29 is 23.1 Å². The molecular weight excluding hydrogens is 354 g/mol. The number of nitrogens with zero attached hydrogens (tertiary/aromatic N) is 1. The summed E-state index contributed by atoms with van der Waals surface area (Å²) in [5.41, 5.74) is 1.16. The fraction of sp³-hybridized carbons (Fsp3) is 0.263. The Kier molecular flexibility index (Phi) is 6.15. The summed E-state index contributed by atoms with van der Waals surface area (Å²) in [6.07, 6.45) is 1.07. The van der Waals surface area contributed by atoms with Crippen molar-refractivity contribution in [3.63, 3.8) is 0 Å². The van der Waals surface area contributed by atoms with Crippen LogP contribution in [0.1, 0.15) is 11.1 Å². The fourth-order valence-electron chi connectivity index (χ4n) is 2.70. The number of benzene rings is 2. The van der Waals surface area contributed by atoms with Gasteiger partial charge in [0.15, 0.2) is 9.84 Å². The van der Waals surface area contributed by atoms with E-state index < -0.39 is 27.8 Å². The second-order valence-electron chi connectivity index (χ2n) is 6.11. The Bertz CT molecular complexity index is 893. The summed E-state index contributed by atoms with van der Waals surface area (Å²) in [7, 11) is -2.05. The molecule has 0 radical (unpaired) electrons. The number of likely N-dealkylation sites (N-methyl/N-ethyl adjacent to an activating group) is 1. The molecule has 7 heteroatoms. The number of hydrogen-bond acceptors (Lipinski definition) is 4. The van der Waals surface area contributed by atoms with Gasteiger partial charge in [0.2, 0.25) is 5.91 Å². The van der Waals surface area contributed by atoms with Gasteiger partial charge in [0.1, 0.15) is 6.04 Å².